The minimum atomic E-state index is -0.477. The van der Waals surface area contributed by atoms with E-state index in [1.54, 1.807) is 36.5 Å². The Kier molecular flexibility index (Phi) is 5.48. The number of aromatic nitrogens is 1. The first-order valence-corrected chi connectivity index (χ1v) is 9.82. The molecule has 2 heterocycles. The summed E-state index contributed by atoms with van der Waals surface area (Å²) in [6.45, 7) is 2.01. The summed E-state index contributed by atoms with van der Waals surface area (Å²) in [5.74, 6) is 0.732. The standard InChI is InChI=1S/C24H23N3O3/c1-16-5-3-7-20(13-16)30-19-10-8-18(9-11-19)26-24(29)21-14-22(28)27(2)23(21)17-6-4-12-25-15-17/h3-13,15,21,23H,14H2,1-2H3,(H,26,29)/t21-,23+/m0/s1. The molecule has 0 aliphatic carbocycles. The molecule has 6 nitrogen and oxygen atoms in total. The van der Waals surface area contributed by atoms with Crippen molar-refractivity contribution in [2.24, 2.45) is 5.92 Å². The van der Waals surface area contributed by atoms with E-state index in [9.17, 15) is 9.59 Å². The van der Waals surface area contributed by atoms with Crippen LogP contribution in [-0.4, -0.2) is 28.7 Å². The molecule has 30 heavy (non-hydrogen) atoms. The zero-order valence-corrected chi connectivity index (χ0v) is 16.9. The lowest BCUT2D eigenvalue weighted by Crippen LogP contribution is -2.30. The first-order valence-electron chi connectivity index (χ1n) is 9.82. The molecule has 3 aromatic rings. The Morgan fingerprint density at radius 1 is 1.10 bits per heavy atom. The fourth-order valence-corrected chi connectivity index (χ4v) is 3.77. The van der Waals surface area contributed by atoms with Crippen molar-refractivity contribution < 1.29 is 14.3 Å². The first kappa shape index (κ1) is 19.6. The van der Waals surface area contributed by atoms with Crippen molar-refractivity contribution >= 4 is 17.5 Å². The topological polar surface area (TPSA) is 71.5 Å². The number of rotatable bonds is 5. The number of hydrogen-bond acceptors (Lipinski definition) is 4. The maximum Gasteiger partial charge on any atom is 0.230 e. The van der Waals surface area contributed by atoms with Gasteiger partial charge in [0.25, 0.3) is 0 Å². The smallest absolute Gasteiger partial charge is 0.230 e. The van der Waals surface area contributed by atoms with Crippen LogP contribution in [0.25, 0.3) is 0 Å². The molecular formula is C24H23N3O3. The molecule has 2 atom stereocenters. The van der Waals surface area contributed by atoms with Crippen LogP contribution in [0, 0.1) is 12.8 Å². The van der Waals surface area contributed by atoms with Crippen LogP contribution in [0.4, 0.5) is 5.69 Å². The number of hydrogen-bond donors (Lipinski definition) is 1. The molecule has 1 aliphatic heterocycles. The van der Waals surface area contributed by atoms with Gasteiger partial charge in [-0.25, -0.2) is 0 Å². The van der Waals surface area contributed by atoms with Crippen LogP contribution >= 0.6 is 0 Å². The molecule has 152 valence electrons. The van der Waals surface area contributed by atoms with Gasteiger partial charge in [0.15, 0.2) is 0 Å². The van der Waals surface area contributed by atoms with Gasteiger partial charge in [0, 0.05) is 31.5 Å². The van der Waals surface area contributed by atoms with Gasteiger partial charge in [0.2, 0.25) is 11.8 Å². The minimum Gasteiger partial charge on any atom is -0.457 e. The maximum absolute atomic E-state index is 13.0. The molecule has 1 saturated heterocycles. The zero-order chi connectivity index (χ0) is 21.1. The Balaban J connectivity index is 1.46. The second kappa shape index (κ2) is 8.37. The van der Waals surface area contributed by atoms with Crippen molar-refractivity contribution in [2.45, 2.75) is 19.4 Å². The Hall–Kier alpha value is -3.67. The van der Waals surface area contributed by atoms with Gasteiger partial charge in [-0.1, -0.05) is 18.2 Å². The van der Waals surface area contributed by atoms with Crippen molar-refractivity contribution in [3.8, 4) is 11.5 Å². The number of nitrogens with zero attached hydrogens (tertiary/aromatic N) is 2. The average Bonchev–Trinajstić information content (AvgIpc) is 3.05. The molecule has 1 aliphatic rings. The molecule has 2 aromatic carbocycles. The van der Waals surface area contributed by atoms with Crippen molar-refractivity contribution in [1.82, 2.24) is 9.88 Å². The Labute approximate surface area is 175 Å². The van der Waals surface area contributed by atoms with Crippen LogP contribution in [-0.2, 0) is 9.59 Å². The number of amides is 2. The highest BCUT2D eigenvalue weighted by Crippen LogP contribution is 2.37. The number of benzene rings is 2. The van der Waals surface area contributed by atoms with Gasteiger partial charge in [-0.3, -0.25) is 14.6 Å². The lowest BCUT2D eigenvalue weighted by molar-refractivity contribution is -0.127. The molecular weight excluding hydrogens is 378 g/mol. The molecule has 0 bridgehead atoms. The SMILES string of the molecule is Cc1cccc(Oc2ccc(NC(=O)[C@H]3CC(=O)N(C)[C@@H]3c3cccnc3)cc2)c1. The summed E-state index contributed by atoms with van der Waals surface area (Å²) < 4.78 is 5.85. The van der Waals surface area contributed by atoms with E-state index in [1.807, 2.05) is 55.5 Å². The van der Waals surface area contributed by atoms with E-state index in [4.69, 9.17) is 4.74 Å². The van der Waals surface area contributed by atoms with Gasteiger partial charge >= 0.3 is 0 Å². The van der Waals surface area contributed by atoms with Gasteiger partial charge in [0.05, 0.1) is 12.0 Å². The molecule has 2 amide bonds. The molecule has 6 heteroatoms. The highest BCUT2D eigenvalue weighted by molar-refractivity contribution is 5.97. The lowest BCUT2D eigenvalue weighted by atomic mass is 9.94. The van der Waals surface area contributed by atoms with E-state index in [0.717, 1.165) is 16.9 Å². The van der Waals surface area contributed by atoms with E-state index in [-0.39, 0.29) is 24.3 Å². The van der Waals surface area contributed by atoms with Gasteiger partial charge in [-0.05, 0) is 60.5 Å². The van der Waals surface area contributed by atoms with E-state index < -0.39 is 5.92 Å². The molecule has 0 spiro atoms. The number of likely N-dealkylation sites (tertiary alicyclic amines) is 1. The Bertz CT molecular complexity index is 1050. The Morgan fingerprint density at radius 2 is 1.90 bits per heavy atom. The van der Waals surface area contributed by atoms with Crippen molar-refractivity contribution in [2.75, 3.05) is 12.4 Å². The van der Waals surface area contributed by atoms with Gasteiger partial charge in [0.1, 0.15) is 11.5 Å². The van der Waals surface area contributed by atoms with Crippen LogP contribution in [0.3, 0.4) is 0 Å². The molecule has 0 radical (unpaired) electrons. The van der Waals surface area contributed by atoms with Crippen molar-refractivity contribution in [1.29, 1.82) is 0 Å². The minimum absolute atomic E-state index is 0.0501. The number of nitrogens with one attached hydrogen (secondary N) is 1. The van der Waals surface area contributed by atoms with Crippen LogP contribution in [0.2, 0.25) is 0 Å². The summed E-state index contributed by atoms with van der Waals surface area (Å²) in [6, 6.07) is 18.4. The predicted molar refractivity (Wildman–Crippen MR) is 114 cm³/mol. The number of aryl methyl sites for hydroxylation is 1. The first-order chi connectivity index (χ1) is 14.5. The average molecular weight is 401 g/mol. The second-order valence-electron chi connectivity index (χ2n) is 7.48. The zero-order valence-electron chi connectivity index (χ0n) is 16.9. The largest absolute Gasteiger partial charge is 0.457 e. The van der Waals surface area contributed by atoms with E-state index >= 15 is 0 Å². The molecule has 1 N–H and O–H groups in total. The van der Waals surface area contributed by atoms with E-state index in [1.165, 1.54) is 0 Å². The summed E-state index contributed by atoms with van der Waals surface area (Å²) >= 11 is 0. The van der Waals surface area contributed by atoms with Crippen molar-refractivity contribution in [3.63, 3.8) is 0 Å². The maximum atomic E-state index is 13.0. The summed E-state index contributed by atoms with van der Waals surface area (Å²) in [4.78, 5) is 31.0. The Morgan fingerprint density at radius 3 is 2.60 bits per heavy atom. The summed E-state index contributed by atoms with van der Waals surface area (Å²) in [5.41, 5.74) is 2.63. The number of carbonyl (C=O) groups is 2. The third-order valence-corrected chi connectivity index (χ3v) is 5.30. The molecule has 1 fully saturated rings. The van der Waals surface area contributed by atoms with Gasteiger partial charge in [-0.15, -0.1) is 0 Å². The normalized spacial score (nSPS) is 18.3. The fourth-order valence-electron chi connectivity index (χ4n) is 3.77. The molecule has 0 saturated carbocycles. The van der Waals surface area contributed by atoms with E-state index in [0.29, 0.717) is 11.4 Å². The number of ether oxygens (including phenoxy) is 1. The van der Waals surface area contributed by atoms with Crippen LogP contribution in [0.1, 0.15) is 23.6 Å². The molecule has 4 rings (SSSR count). The number of anilines is 1. The van der Waals surface area contributed by atoms with Gasteiger partial charge in [-0.2, -0.15) is 0 Å². The quantitative estimate of drug-likeness (QED) is 0.690. The third kappa shape index (κ3) is 4.17. The second-order valence-corrected chi connectivity index (χ2v) is 7.48. The van der Waals surface area contributed by atoms with Crippen LogP contribution in [0.15, 0.2) is 73.1 Å². The van der Waals surface area contributed by atoms with Crippen LogP contribution < -0.4 is 10.1 Å². The predicted octanol–water partition coefficient (Wildman–Crippen LogP) is 4.34. The van der Waals surface area contributed by atoms with Gasteiger partial charge < -0.3 is 15.0 Å². The number of carbonyl (C=O) groups excluding carboxylic acids is 2. The molecule has 0 unspecified atom stereocenters. The monoisotopic (exact) mass is 401 g/mol. The third-order valence-electron chi connectivity index (χ3n) is 5.30. The van der Waals surface area contributed by atoms with Crippen molar-refractivity contribution in [3.05, 3.63) is 84.2 Å². The van der Waals surface area contributed by atoms with E-state index in [2.05, 4.69) is 10.3 Å². The summed E-state index contributed by atoms with van der Waals surface area (Å²) in [5, 5.41) is 2.93. The summed E-state index contributed by atoms with van der Waals surface area (Å²) in [6.07, 6.45) is 3.56. The lowest BCUT2D eigenvalue weighted by Gasteiger charge is -2.24. The highest BCUT2D eigenvalue weighted by atomic mass is 16.5. The summed E-state index contributed by atoms with van der Waals surface area (Å²) in [7, 11) is 1.73. The highest BCUT2D eigenvalue weighted by Gasteiger charge is 2.42. The number of pyridine rings is 1. The molecule has 1 aromatic heterocycles. The van der Waals surface area contributed by atoms with Crippen LogP contribution in [0.5, 0.6) is 11.5 Å². The fraction of sp³-hybridized carbons (Fsp3) is 0.208.